The van der Waals surface area contributed by atoms with Crippen molar-refractivity contribution in [3.05, 3.63) is 34.5 Å². The van der Waals surface area contributed by atoms with Gasteiger partial charge in [0.15, 0.2) is 0 Å². The van der Waals surface area contributed by atoms with Crippen LogP contribution >= 0.6 is 0 Å². The predicted molar refractivity (Wildman–Crippen MR) is 125 cm³/mol. The van der Waals surface area contributed by atoms with Crippen LogP contribution in [0.2, 0.25) is 0 Å². The minimum Gasteiger partial charge on any atom is -0.480 e. The smallest absolute Gasteiger partial charge is 0.317 e. The molecule has 0 aliphatic carbocycles. The molecular weight excluding hydrogens is 410 g/mol. The molecule has 1 amide bonds. The van der Waals surface area contributed by atoms with E-state index in [2.05, 4.69) is 22.0 Å². The highest BCUT2D eigenvalue weighted by molar-refractivity contribution is 5.78. The van der Waals surface area contributed by atoms with Crippen LogP contribution in [0.3, 0.4) is 0 Å². The SMILES string of the molecule is CCCCN(CCN(CCCN(CCC)CC(=O)O)CC(=O)N=O)Cc1cccc(C)n1. The second-order valence-corrected chi connectivity index (χ2v) is 8.18. The maximum atomic E-state index is 11.7. The van der Waals surface area contributed by atoms with E-state index >= 15 is 0 Å². The van der Waals surface area contributed by atoms with E-state index in [1.165, 1.54) is 0 Å². The molecule has 0 bridgehead atoms. The molecule has 0 aliphatic heterocycles. The molecule has 0 saturated heterocycles. The van der Waals surface area contributed by atoms with E-state index < -0.39 is 11.9 Å². The third kappa shape index (κ3) is 12.6. The van der Waals surface area contributed by atoms with Crippen molar-refractivity contribution in [1.29, 1.82) is 0 Å². The molecule has 1 N–H and O–H groups in total. The summed E-state index contributed by atoms with van der Waals surface area (Å²) in [6.45, 7) is 11.1. The molecular formula is C23H39N5O4. The monoisotopic (exact) mass is 449 g/mol. The molecule has 32 heavy (non-hydrogen) atoms. The maximum absolute atomic E-state index is 11.7. The second-order valence-electron chi connectivity index (χ2n) is 8.18. The zero-order chi connectivity index (χ0) is 23.8. The number of carboxylic acids is 1. The highest BCUT2D eigenvalue weighted by Gasteiger charge is 2.15. The largest absolute Gasteiger partial charge is 0.480 e. The number of aromatic nitrogens is 1. The fourth-order valence-electron chi connectivity index (χ4n) is 3.64. The van der Waals surface area contributed by atoms with Crippen LogP contribution in [0.15, 0.2) is 23.4 Å². The molecule has 180 valence electrons. The molecule has 9 heteroatoms. The van der Waals surface area contributed by atoms with Crippen LogP contribution in [0, 0.1) is 11.8 Å². The fraction of sp³-hybridized carbons (Fsp3) is 0.696. The number of carboxylic acid groups (broad SMARTS) is 1. The van der Waals surface area contributed by atoms with E-state index in [9.17, 15) is 14.5 Å². The Hall–Kier alpha value is -2.23. The van der Waals surface area contributed by atoms with Crippen LogP contribution in [-0.2, 0) is 16.1 Å². The Labute approximate surface area is 191 Å². The number of hydrogen-bond acceptors (Lipinski definition) is 7. The summed E-state index contributed by atoms with van der Waals surface area (Å²) in [6.07, 6.45) is 3.76. The lowest BCUT2D eigenvalue weighted by atomic mass is 10.2. The number of carbonyl (C=O) groups excluding carboxylic acids is 1. The van der Waals surface area contributed by atoms with Gasteiger partial charge in [-0.3, -0.25) is 29.3 Å². The van der Waals surface area contributed by atoms with E-state index in [0.29, 0.717) is 26.1 Å². The van der Waals surface area contributed by atoms with Gasteiger partial charge < -0.3 is 5.11 Å². The van der Waals surface area contributed by atoms with E-state index in [1.807, 2.05) is 41.8 Å². The van der Waals surface area contributed by atoms with Crippen molar-refractivity contribution in [2.24, 2.45) is 5.18 Å². The van der Waals surface area contributed by atoms with Crippen molar-refractivity contribution in [2.75, 3.05) is 52.4 Å². The van der Waals surface area contributed by atoms with Gasteiger partial charge in [0.05, 0.1) is 18.8 Å². The Bertz CT molecular complexity index is 701. The van der Waals surface area contributed by atoms with Gasteiger partial charge in [0.2, 0.25) is 0 Å². The third-order valence-electron chi connectivity index (χ3n) is 5.20. The van der Waals surface area contributed by atoms with Crippen molar-refractivity contribution >= 4 is 11.9 Å². The summed E-state index contributed by atoms with van der Waals surface area (Å²) < 4.78 is 0. The molecule has 0 aliphatic rings. The number of rotatable bonds is 18. The van der Waals surface area contributed by atoms with Gasteiger partial charge in [-0.2, -0.15) is 0 Å². The third-order valence-corrected chi connectivity index (χ3v) is 5.20. The molecule has 1 aromatic rings. The van der Waals surface area contributed by atoms with Gasteiger partial charge in [0, 0.05) is 30.5 Å². The Morgan fingerprint density at radius 1 is 0.906 bits per heavy atom. The van der Waals surface area contributed by atoms with Crippen LogP contribution in [0.1, 0.15) is 50.9 Å². The number of nitroso groups, excluding NO2 is 1. The summed E-state index contributed by atoms with van der Waals surface area (Å²) in [4.78, 5) is 44.2. The Balaban J connectivity index is 2.69. The van der Waals surface area contributed by atoms with E-state index in [0.717, 1.165) is 56.8 Å². The number of pyridine rings is 1. The first kappa shape index (κ1) is 27.8. The summed E-state index contributed by atoms with van der Waals surface area (Å²) in [7, 11) is 0. The summed E-state index contributed by atoms with van der Waals surface area (Å²) in [5, 5.41) is 11.6. The molecule has 0 saturated carbocycles. The van der Waals surface area contributed by atoms with Crippen molar-refractivity contribution in [1.82, 2.24) is 19.7 Å². The van der Waals surface area contributed by atoms with Gasteiger partial charge in [-0.1, -0.05) is 26.3 Å². The molecule has 1 aromatic heterocycles. The zero-order valence-electron chi connectivity index (χ0n) is 19.8. The Morgan fingerprint density at radius 3 is 2.16 bits per heavy atom. The molecule has 1 heterocycles. The Kier molecular flexibility index (Phi) is 14.3. The molecule has 1 rings (SSSR count). The van der Waals surface area contributed by atoms with Gasteiger partial charge in [-0.05, 0) is 64.5 Å². The first-order valence-corrected chi connectivity index (χ1v) is 11.6. The van der Waals surface area contributed by atoms with Gasteiger partial charge in [0.25, 0.3) is 5.91 Å². The second kappa shape index (κ2) is 16.4. The number of aliphatic carboxylic acids is 1. The number of unbranched alkanes of at least 4 members (excludes halogenated alkanes) is 1. The van der Waals surface area contributed by atoms with Crippen molar-refractivity contribution < 1.29 is 14.7 Å². The van der Waals surface area contributed by atoms with Gasteiger partial charge in [-0.15, -0.1) is 4.91 Å². The van der Waals surface area contributed by atoms with Crippen LogP contribution in [0.25, 0.3) is 0 Å². The summed E-state index contributed by atoms with van der Waals surface area (Å²) in [5.41, 5.74) is 2.00. The molecule has 0 aromatic carbocycles. The number of carbonyl (C=O) groups is 2. The first-order valence-electron chi connectivity index (χ1n) is 11.6. The maximum Gasteiger partial charge on any atom is 0.317 e. The molecule has 0 spiro atoms. The molecule has 0 fully saturated rings. The van der Waals surface area contributed by atoms with Crippen molar-refractivity contribution in [3.63, 3.8) is 0 Å². The number of nitrogens with zero attached hydrogens (tertiary/aromatic N) is 5. The molecule has 0 unspecified atom stereocenters. The topological polar surface area (TPSA) is 106 Å². The Morgan fingerprint density at radius 2 is 1.56 bits per heavy atom. The molecule has 9 nitrogen and oxygen atoms in total. The van der Waals surface area contributed by atoms with E-state index in [1.54, 1.807) is 0 Å². The molecule has 0 radical (unpaired) electrons. The summed E-state index contributed by atoms with van der Waals surface area (Å²) in [6, 6.07) is 6.01. The predicted octanol–water partition coefficient (Wildman–Crippen LogP) is 2.77. The molecule has 0 atom stereocenters. The van der Waals surface area contributed by atoms with Crippen LogP contribution in [0.4, 0.5) is 0 Å². The number of hydrogen-bond donors (Lipinski definition) is 1. The normalized spacial score (nSPS) is 11.4. The van der Waals surface area contributed by atoms with Crippen LogP contribution in [-0.4, -0.2) is 89.0 Å². The quantitative estimate of drug-likeness (QED) is 0.341. The van der Waals surface area contributed by atoms with Gasteiger partial charge >= 0.3 is 5.97 Å². The van der Waals surface area contributed by atoms with Crippen LogP contribution in [0.5, 0.6) is 0 Å². The minimum absolute atomic E-state index is 0.0109. The van der Waals surface area contributed by atoms with Gasteiger partial charge in [0.1, 0.15) is 0 Å². The summed E-state index contributed by atoms with van der Waals surface area (Å²) in [5.74, 6) is -1.52. The lowest BCUT2D eigenvalue weighted by Crippen LogP contribution is -2.40. The summed E-state index contributed by atoms with van der Waals surface area (Å²) >= 11 is 0. The fourth-order valence-corrected chi connectivity index (χ4v) is 3.64. The van der Waals surface area contributed by atoms with Crippen LogP contribution < -0.4 is 0 Å². The van der Waals surface area contributed by atoms with E-state index in [-0.39, 0.29) is 13.1 Å². The average Bonchev–Trinajstić information content (AvgIpc) is 2.74. The minimum atomic E-state index is -0.841. The standard InChI is InChI=1S/C23H39N5O4/c1-4-6-12-27(17-21-10-7-9-20(3)24-21)15-16-28(18-22(29)25-32)14-8-13-26(11-5-2)19-23(30)31/h7,9-10H,4-6,8,11-19H2,1-3H3,(H,30,31). The number of aryl methyl sites for hydroxylation is 1. The average molecular weight is 450 g/mol. The zero-order valence-corrected chi connectivity index (χ0v) is 19.8. The van der Waals surface area contributed by atoms with Crippen molar-refractivity contribution in [3.8, 4) is 0 Å². The lowest BCUT2D eigenvalue weighted by Gasteiger charge is -2.27. The first-order chi connectivity index (χ1) is 15.4. The lowest BCUT2D eigenvalue weighted by molar-refractivity contribution is -0.138. The highest BCUT2D eigenvalue weighted by atomic mass is 16.4. The van der Waals surface area contributed by atoms with Gasteiger partial charge in [-0.25, -0.2) is 0 Å². The number of amides is 1. The van der Waals surface area contributed by atoms with Crippen molar-refractivity contribution in [2.45, 2.75) is 53.0 Å². The highest BCUT2D eigenvalue weighted by Crippen LogP contribution is 2.07. The van der Waals surface area contributed by atoms with E-state index in [4.69, 9.17) is 5.11 Å².